The lowest BCUT2D eigenvalue weighted by Gasteiger charge is -2.05. The average molecular weight is 677 g/mol. The van der Waals surface area contributed by atoms with Crippen molar-refractivity contribution in [2.45, 2.75) is 54.4 Å². The van der Waals surface area contributed by atoms with Gasteiger partial charge < -0.3 is 19.7 Å². The Morgan fingerprint density at radius 2 is 0.930 bits per heavy atom. The van der Waals surface area contributed by atoms with Gasteiger partial charge in [-0.25, -0.2) is 0 Å². The minimum Gasteiger partial charge on any atom is -0.491 e. The molecule has 0 aliphatic heterocycles. The standard InChI is InChI=1S/C28H24O6S5.2C2H6/c1-15-3-5-19(35-15)23-13-17(33-11-9-25(29)30)27(38-23)21-7-8-22(37-21)28-18(34-12-10-26(31)32)14-24(39-28)20-6-4-16(2)36-20;2*1-2/h3-8,13-14H,9-12H2,1-2H3,(H,29,30)(H,31,32);2*1-2H3. The van der Waals surface area contributed by atoms with E-state index in [1.165, 1.54) is 9.75 Å². The van der Waals surface area contributed by atoms with Crippen LogP contribution < -0.4 is 9.47 Å². The summed E-state index contributed by atoms with van der Waals surface area (Å²) in [7, 11) is 0. The van der Waals surface area contributed by atoms with E-state index in [1.807, 2.05) is 39.8 Å². The Kier molecular flexibility index (Phi) is 13.5. The SMILES string of the molecule is CC.CC.Cc1ccc(-c2cc(OCCC(=O)O)c(-c3ccc(-c4sc(-c5ccc(C)s5)cc4OCCC(=O)O)s3)s2)s1. The van der Waals surface area contributed by atoms with E-state index in [0.717, 1.165) is 39.0 Å². The van der Waals surface area contributed by atoms with Crippen LogP contribution in [0.3, 0.4) is 0 Å². The van der Waals surface area contributed by atoms with Gasteiger partial charge in [0, 0.05) is 51.1 Å². The first-order valence-corrected chi connectivity index (χ1v) is 18.1. The summed E-state index contributed by atoms with van der Waals surface area (Å²) in [5.74, 6) is -0.447. The van der Waals surface area contributed by atoms with Crippen molar-refractivity contribution in [3.63, 3.8) is 0 Å². The number of carboxylic acid groups (broad SMARTS) is 2. The Balaban J connectivity index is 0.00000121. The minimum atomic E-state index is -0.899. The highest BCUT2D eigenvalue weighted by molar-refractivity contribution is 7.30. The number of ether oxygens (including phenoxy) is 2. The first-order chi connectivity index (χ1) is 20.8. The fraction of sp³-hybridized carbons (Fsp3) is 0.312. The highest BCUT2D eigenvalue weighted by Gasteiger charge is 2.21. The summed E-state index contributed by atoms with van der Waals surface area (Å²) in [6.07, 6.45) is -0.148. The van der Waals surface area contributed by atoms with E-state index in [2.05, 4.69) is 50.2 Å². The molecule has 0 spiro atoms. The van der Waals surface area contributed by atoms with Crippen LogP contribution in [0.15, 0.2) is 48.5 Å². The zero-order valence-electron chi connectivity index (χ0n) is 25.0. The Morgan fingerprint density at radius 3 is 1.26 bits per heavy atom. The summed E-state index contributed by atoms with van der Waals surface area (Å²) in [5.41, 5.74) is 0. The van der Waals surface area contributed by atoms with E-state index in [0.29, 0.717) is 11.5 Å². The van der Waals surface area contributed by atoms with Crippen molar-refractivity contribution in [1.29, 1.82) is 0 Å². The second-order valence-electron chi connectivity index (χ2n) is 8.58. The van der Waals surface area contributed by atoms with Crippen molar-refractivity contribution in [2.24, 2.45) is 0 Å². The predicted molar refractivity (Wildman–Crippen MR) is 185 cm³/mol. The monoisotopic (exact) mass is 676 g/mol. The third-order valence-corrected chi connectivity index (χ3v) is 11.6. The van der Waals surface area contributed by atoms with Gasteiger partial charge in [0.2, 0.25) is 0 Å². The maximum absolute atomic E-state index is 11.1. The van der Waals surface area contributed by atoms with Gasteiger partial charge in [-0.1, -0.05) is 27.7 Å². The lowest BCUT2D eigenvalue weighted by atomic mass is 10.3. The molecule has 5 aromatic rings. The number of hydrogen-bond acceptors (Lipinski definition) is 9. The van der Waals surface area contributed by atoms with Crippen LogP contribution in [0.5, 0.6) is 11.5 Å². The van der Waals surface area contributed by atoms with Crippen LogP contribution in [0.1, 0.15) is 50.3 Å². The summed E-state index contributed by atoms with van der Waals surface area (Å²) in [6, 6.07) is 16.5. The van der Waals surface area contributed by atoms with Crippen LogP contribution in [0.2, 0.25) is 0 Å². The molecule has 0 aliphatic rings. The van der Waals surface area contributed by atoms with Crippen molar-refractivity contribution in [3.8, 4) is 50.5 Å². The second-order valence-corrected chi connectivity index (χ2v) is 14.3. The van der Waals surface area contributed by atoms with E-state index < -0.39 is 11.9 Å². The van der Waals surface area contributed by atoms with Crippen LogP contribution in [-0.4, -0.2) is 35.4 Å². The van der Waals surface area contributed by atoms with Crippen LogP contribution in [0, 0.1) is 13.8 Å². The van der Waals surface area contributed by atoms with Gasteiger partial charge in [-0.15, -0.1) is 56.7 Å². The summed E-state index contributed by atoms with van der Waals surface area (Å²) in [5, 5.41) is 18.2. The minimum absolute atomic E-state index is 0.0738. The number of aryl methyl sites for hydroxylation is 2. The lowest BCUT2D eigenvalue weighted by molar-refractivity contribution is -0.138. The molecule has 5 aromatic heterocycles. The number of aliphatic carboxylic acids is 2. The Labute approximate surface area is 272 Å². The van der Waals surface area contributed by atoms with E-state index in [1.54, 1.807) is 56.7 Å². The number of thiophene rings is 5. The summed E-state index contributed by atoms with van der Waals surface area (Å²) < 4.78 is 11.9. The van der Waals surface area contributed by atoms with Crippen molar-refractivity contribution >= 4 is 68.6 Å². The maximum atomic E-state index is 11.1. The molecule has 0 aromatic carbocycles. The highest BCUT2D eigenvalue weighted by atomic mass is 32.1. The molecule has 0 saturated carbocycles. The summed E-state index contributed by atoms with van der Waals surface area (Å²) in [4.78, 5) is 33.0. The van der Waals surface area contributed by atoms with Gasteiger partial charge in [-0.2, -0.15) is 0 Å². The van der Waals surface area contributed by atoms with Crippen LogP contribution in [0.25, 0.3) is 39.0 Å². The fourth-order valence-electron chi connectivity index (χ4n) is 3.76. The molecule has 0 amide bonds. The fourth-order valence-corrected chi connectivity index (χ4v) is 9.10. The Hall–Kier alpha value is -2.96. The molecule has 0 radical (unpaired) electrons. The van der Waals surface area contributed by atoms with E-state index in [-0.39, 0.29) is 26.1 Å². The van der Waals surface area contributed by atoms with E-state index in [4.69, 9.17) is 19.7 Å². The quantitative estimate of drug-likeness (QED) is 0.137. The van der Waals surface area contributed by atoms with Crippen LogP contribution in [-0.2, 0) is 9.59 Å². The zero-order valence-corrected chi connectivity index (χ0v) is 29.1. The largest absolute Gasteiger partial charge is 0.491 e. The Morgan fingerprint density at radius 1 is 0.558 bits per heavy atom. The predicted octanol–water partition coefficient (Wildman–Crippen LogP) is 11.0. The molecule has 230 valence electrons. The van der Waals surface area contributed by atoms with Gasteiger partial charge in [0.1, 0.15) is 11.5 Å². The number of carbonyl (C=O) groups is 2. The molecular formula is C32H36O6S5. The molecular weight excluding hydrogens is 641 g/mol. The summed E-state index contributed by atoms with van der Waals surface area (Å²) >= 11 is 8.29. The van der Waals surface area contributed by atoms with Crippen molar-refractivity contribution in [2.75, 3.05) is 13.2 Å². The van der Waals surface area contributed by atoms with E-state index >= 15 is 0 Å². The van der Waals surface area contributed by atoms with Gasteiger partial charge >= 0.3 is 11.9 Å². The molecule has 6 nitrogen and oxygen atoms in total. The molecule has 5 heterocycles. The normalized spacial score (nSPS) is 10.4. The number of rotatable bonds is 12. The van der Waals surface area contributed by atoms with Gasteiger partial charge in [0.15, 0.2) is 0 Å². The third-order valence-electron chi connectivity index (χ3n) is 5.56. The molecule has 0 unspecified atom stereocenters. The van der Waals surface area contributed by atoms with E-state index in [9.17, 15) is 9.59 Å². The molecule has 5 rings (SSSR count). The molecule has 0 atom stereocenters. The Bertz CT molecular complexity index is 1500. The van der Waals surface area contributed by atoms with Gasteiger partial charge in [-0.3, -0.25) is 9.59 Å². The molecule has 43 heavy (non-hydrogen) atoms. The number of carboxylic acids is 2. The maximum Gasteiger partial charge on any atom is 0.306 e. The molecule has 0 bridgehead atoms. The van der Waals surface area contributed by atoms with Gasteiger partial charge in [0.05, 0.1) is 35.8 Å². The third kappa shape index (κ3) is 9.26. The van der Waals surface area contributed by atoms with Gasteiger partial charge in [-0.05, 0) is 50.2 Å². The van der Waals surface area contributed by atoms with Crippen molar-refractivity contribution in [3.05, 3.63) is 58.3 Å². The van der Waals surface area contributed by atoms with Crippen LogP contribution in [0.4, 0.5) is 0 Å². The lowest BCUT2D eigenvalue weighted by Crippen LogP contribution is -2.04. The smallest absolute Gasteiger partial charge is 0.306 e. The first kappa shape index (κ1) is 34.5. The molecule has 2 N–H and O–H groups in total. The average Bonchev–Trinajstić information content (AvgIpc) is 3.81. The number of hydrogen-bond donors (Lipinski definition) is 2. The van der Waals surface area contributed by atoms with Crippen molar-refractivity contribution in [1.82, 2.24) is 0 Å². The topological polar surface area (TPSA) is 93.1 Å². The summed E-state index contributed by atoms with van der Waals surface area (Å²) in [6.45, 7) is 12.3. The van der Waals surface area contributed by atoms with Crippen LogP contribution >= 0.6 is 56.7 Å². The highest BCUT2D eigenvalue weighted by Crippen LogP contribution is 2.51. The molecule has 11 heteroatoms. The van der Waals surface area contributed by atoms with Crippen molar-refractivity contribution < 1.29 is 29.3 Å². The first-order valence-electron chi connectivity index (χ1n) is 14.0. The zero-order chi connectivity index (χ0) is 31.5. The molecule has 0 fully saturated rings. The van der Waals surface area contributed by atoms with Gasteiger partial charge in [0.25, 0.3) is 0 Å². The molecule has 0 saturated heterocycles. The second kappa shape index (κ2) is 16.8. The molecule has 0 aliphatic carbocycles.